The van der Waals surface area contributed by atoms with Crippen LogP contribution >= 0.6 is 0 Å². The SMILES string of the molecule is Cc1cc(F)cc(Cc2c(C3CCC3)nc3cc[nH]n3c2=O)c1. The lowest BCUT2D eigenvalue weighted by Gasteiger charge is -2.26. The summed E-state index contributed by atoms with van der Waals surface area (Å²) in [4.78, 5) is 17.5. The van der Waals surface area contributed by atoms with Crippen molar-refractivity contribution in [1.82, 2.24) is 14.6 Å². The lowest BCUT2D eigenvalue weighted by molar-refractivity contribution is 0.408. The third-order valence-electron chi connectivity index (χ3n) is 4.65. The second-order valence-corrected chi connectivity index (χ2v) is 6.38. The monoisotopic (exact) mass is 311 g/mol. The van der Waals surface area contributed by atoms with E-state index in [4.69, 9.17) is 4.98 Å². The summed E-state index contributed by atoms with van der Waals surface area (Å²) in [5.74, 6) is 0.0893. The van der Waals surface area contributed by atoms with E-state index >= 15 is 0 Å². The van der Waals surface area contributed by atoms with E-state index in [0.29, 0.717) is 23.5 Å². The number of hydrogen-bond acceptors (Lipinski definition) is 2. The van der Waals surface area contributed by atoms with E-state index in [-0.39, 0.29) is 11.4 Å². The van der Waals surface area contributed by atoms with Gasteiger partial charge < -0.3 is 0 Å². The second kappa shape index (κ2) is 5.33. The van der Waals surface area contributed by atoms with E-state index in [0.717, 1.165) is 29.7 Å². The molecule has 0 aliphatic heterocycles. The number of hydrogen-bond donors (Lipinski definition) is 1. The zero-order valence-corrected chi connectivity index (χ0v) is 13.0. The maximum absolute atomic E-state index is 13.7. The number of rotatable bonds is 3. The van der Waals surface area contributed by atoms with Gasteiger partial charge in [-0.2, -0.15) is 0 Å². The molecule has 1 aliphatic carbocycles. The molecule has 3 aromatic rings. The van der Waals surface area contributed by atoms with Crippen molar-refractivity contribution in [2.75, 3.05) is 0 Å². The molecule has 118 valence electrons. The van der Waals surface area contributed by atoms with Gasteiger partial charge in [-0.3, -0.25) is 9.89 Å². The predicted molar refractivity (Wildman–Crippen MR) is 86.3 cm³/mol. The minimum absolute atomic E-state index is 0.0798. The van der Waals surface area contributed by atoms with Crippen LogP contribution in [-0.4, -0.2) is 14.6 Å². The van der Waals surface area contributed by atoms with Gasteiger partial charge in [-0.05, 0) is 43.0 Å². The van der Waals surface area contributed by atoms with E-state index in [1.807, 2.05) is 13.0 Å². The zero-order valence-electron chi connectivity index (χ0n) is 13.0. The van der Waals surface area contributed by atoms with Crippen LogP contribution in [0.1, 0.15) is 47.6 Å². The van der Waals surface area contributed by atoms with Crippen LogP contribution < -0.4 is 5.56 Å². The first-order chi connectivity index (χ1) is 11.1. The Morgan fingerprint density at radius 1 is 1.35 bits per heavy atom. The lowest BCUT2D eigenvalue weighted by Crippen LogP contribution is -2.26. The molecule has 2 aromatic heterocycles. The number of nitrogens with one attached hydrogen (secondary N) is 1. The lowest BCUT2D eigenvalue weighted by atomic mass is 9.80. The molecule has 1 aromatic carbocycles. The molecule has 0 radical (unpaired) electrons. The molecule has 1 fully saturated rings. The van der Waals surface area contributed by atoms with Gasteiger partial charge in [0.05, 0.1) is 5.69 Å². The summed E-state index contributed by atoms with van der Waals surface area (Å²) >= 11 is 0. The summed E-state index contributed by atoms with van der Waals surface area (Å²) < 4.78 is 15.1. The molecule has 1 aliphatic rings. The minimum atomic E-state index is -0.265. The molecule has 0 saturated heterocycles. The number of aromatic nitrogens is 3. The van der Waals surface area contributed by atoms with E-state index in [9.17, 15) is 9.18 Å². The highest BCUT2D eigenvalue weighted by Gasteiger charge is 2.26. The Labute approximate surface area is 133 Å². The number of benzene rings is 1. The molecule has 4 rings (SSSR count). The highest BCUT2D eigenvalue weighted by Crippen LogP contribution is 2.36. The summed E-state index contributed by atoms with van der Waals surface area (Å²) in [6.07, 6.45) is 5.45. The van der Waals surface area contributed by atoms with E-state index in [1.165, 1.54) is 23.1 Å². The van der Waals surface area contributed by atoms with Crippen LogP contribution in [-0.2, 0) is 6.42 Å². The molecular formula is C18H18FN3O. The summed E-state index contributed by atoms with van der Waals surface area (Å²) in [7, 11) is 0. The Balaban J connectivity index is 1.86. The van der Waals surface area contributed by atoms with Crippen molar-refractivity contribution >= 4 is 5.65 Å². The van der Waals surface area contributed by atoms with Crippen LogP contribution in [0.3, 0.4) is 0 Å². The zero-order chi connectivity index (χ0) is 16.0. The summed E-state index contributed by atoms with van der Waals surface area (Å²) in [5.41, 5.74) is 3.81. The summed E-state index contributed by atoms with van der Waals surface area (Å²) in [6.45, 7) is 1.86. The van der Waals surface area contributed by atoms with Crippen molar-refractivity contribution < 1.29 is 4.39 Å². The smallest absolute Gasteiger partial charge is 0.276 e. The molecule has 0 spiro atoms. The predicted octanol–water partition coefficient (Wildman–Crippen LogP) is 3.33. The molecular weight excluding hydrogens is 293 g/mol. The maximum Gasteiger partial charge on any atom is 0.276 e. The topological polar surface area (TPSA) is 50.2 Å². The number of aryl methyl sites for hydroxylation is 1. The van der Waals surface area contributed by atoms with Gasteiger partial charge in [0.1, 0.15) is 5.82 Å². The van der Waals surface area contributed by atoms with Crippen molar-refractivity contribution in [1.29, 1.82) is 0 Å². The van der Waals surface area contributed by atoms with Crippen molar-refractivity contribution in [3.63, 3.8) is 0 Å². The fraction of sp³-hybridized carbons (Fsp3) is 0.333. The van der Waals surface area contributed by atoms with Gasteiger partial charge in [-0.1, -0.05) is 12.5 Å². The molecule has 2 heterocycles. The van der Waals surface area contributed by atoms with Gasteiger partial charge in [-0.15, -0.1) is 0 Å². The van der Waals surface area contributed by atoms with Gasteiger partial charge in [0.25, 0.3) is 5.56 Å². The molecule has 0 bridgehead atoms. The first-order valence-electron chi connectivity index (χ1n) is 7.97. The Hall–Kier alpha value is -2.43. The van der Waals surface area contributed by atoms with E-state index in [2.05, 4.69) is 5.10 Å². The molecule has 0 unspecified atom stereocenters. The molecule has 0 atom stereocenters. The summed E-state index contributed by atoms with van der Waals surface area (Å²) in [6, 6.07) is 6.73. The molecule has 5 heteroatoms. The molecule has 0 amide bonds. The first-order valence-corrected chi connectivity index (χ1v) is 7.97. The Bertz CT molecular complexity index is 917. The quantitative estimate of drug-likeness (QED) is 0.806. The van der Waals surface area contributed by atoms with Crippen molar-refractivity contribution in [2.45, 2.75) is 38.5 Å². The third-order valence-corrected chi connectivity index (χ3v) is 4.65. The van der Waals surface area contributed by atoms with Gasteiger partial charge in [0.2, 0.25) is 0 Å². The second-order valence-electron chi connectivity index (χ2n) is 6.38. The van der Waals surface area contributed by atoms with Crippen molar-refractivity contribution in [2.24, 2.45) is 0 Å². The Morgan fingerprint density at radius 3 is 2.87 bits per heavy atom. The molecule has 4 nitrogen and oxygen atoms in total. The molecule has 23 heavy (non-hydrogen) atoms. The minimum Gasteiger partial charge on any atom is -0.297 e. The van der Waals surface area contributed by atoms with Crippen LogP contribution in [0.25, 0.3) is 5.65 Å². The molecule has 1 saturated carbocycles. The highest BCUT2D eigenvalue weighted by atomic mass is 19.1. The summed E-state index contributed by atoms with van der Waals surface area (Å²) in [5, 5.41) is 2.91. The number of fused-ring (bicyclic) bond motifs is 1. The van der Waals surface area contributed by atoms with Gasteiger partial charge in [0, 0.05) is 30.2 Å². The largest absolute Gasteiger partial charge is 0.297 e. The highest BCUT2D eigenvalue weighted by molar-refractivity contribution is 5.42. The van der Waals surface area contributed by atoms with Crippen LogP contribution in [0.2, 0.25) is 0 Å². The fourth-order valence-corrected chi connectivity index (χ4v) is 3.32. The molecule has 1 N–H and O–H groups in total. The number of halogens is 1. The van der Waals surface area contributed by atoms with E-state index in [1.54, 1.807) is 12.3 Å². The van der Waals surface area contributed by atoms with Crippen LogP contribution in [0.15, 0.2) is 35.3 Å². The maximum atomic E-state index is 13.7. The third kappa shape index (κ3) is 2.46. The van der Waals surface area contributed by atoms with Gasteiger partial charge in [-0.25, -0.2) is 13.9 Å². The van der Waals surface area contributed by atoms with E-state index < -0.39 is 0 Å². The van der Waals surface area contributed by atoms with Crippen LogP contribution in [0, 0.1) is 12.7 Å². The average Bonchev–Trinajstić information content (AvgIpc) is 2.88. The fourth-order valence-electron chi connectivity index (χ4n) is 3.32. The Morgan fingerprint density at radius 2 is 2.17 bits per heavy atom. The number of H-pyrrole nitrogens is 1. The van der Waals surface area contributed by atoms with Crippen molar-refractivity contribution in [3.8, 4) is 0 Å². The van der Waals surface area contributed by atoms with Crippen LogP contribution in [0.5, 0.6) is 0 Å². The number of aromatic amines is 1. The van der Waals surface area contributed by atoms with Crippen LogP contribution in [0.4, 0.5) is 4.39 Å². The van der Waals surface area contributed by atoms with Crippen molar-refractivity contribution in [3.05, 3.63) is 69.0 Å². The Kier molecular flexibility index (Phi) is 3.29. The van der Waals surface area contributed by atoms with Gasteiger partial charge >= 0.3 is 0 Å². The standard InChI is InChI=1S/C18H18FN3O/c1-11-7-12(9-14(19)8-11)10-15-17(13-3-2-4-13)21-16-5-6-20-22(16)18(15)23/h5-9,13,20H,2-4,10H2,1H3. The first kappa shape index (κ1) is 14.2. The average molecular weight is 311 g/mol. The normalized spacial score (nSPS) is 15.0. The number of nitrogens with zero attached hydrogens (tertiary/aromatic N) is 2. The van der Waals surface area contributed by atoms with Gasteiger partial charge in [0.15, 0.2) is 5.65 Å².